The lowest BCUT2D eigenvalue weighted by Gasteiger charge is -2.55. The molecule has 1 aliphatic carbocycles. The third kappa shape index (κ3) is 4.64. The van der Waals surface area contributed by atoms with E-state index in [4.69, 9.17) is 4.74 Å². The van der Waals surface area contributed by atoms with E-state index in [1.807, 2.05) is 11.9 Å². The molecule has 5 nitrogen and oxygen atoms in total. The van der Waals surface area contributed by atoms with Gasteiger partial charge in [-0.25, -0.2) is 0 Å². The number of halogens is 3. The molecule has 1 saturated heterocycles. The number of aliphatic imine (C=N–C) groups is 1. The van der Waals surface area contributed by atoms with Crippen molar-refractivity contribution in [3.05, 3.63) is 29.8 Å². The number of alkyl halides is 2. The second-order valence-corrected chi connectivity index (χ2v) is 7.61. The van der Waals surface area contributed by atoms with E-state index in [2.05, 4.69) is 28.9 Å². The fraction of sp³-hybridized carbons (Fsp3) is 0.632. The standard InChI is InChI=1S/C19H27F2N3O2.HI/c1-19(2)15(14-9-10-25-16(14)19)23-18(22-3)24(4)11-12-5-7-13(8-6-12)26-17(20)21;/h5-8,14-17H,9-11H2,1-4H3,(H,22,23);1H. The minimum atomic E-state index is -2.80. The highest BCUT2D eigenvalue weighted by Crippen LogP contribution is 2.52. The zero-order valence-corrected chi connectivity index (χ0v) is 18.4. The first-order valence-corrected chi connectivity index (χ1v) is 8.92. The van der Waals surface area contributed by atoms with Gasteiger partial charge in [0, 0.05) is 44.6 Å². The molecule has 1 aromatic carbocycles. The molecule has 1 saturated carbocycles. The van der Waals surface area contributed by atoms with Gasteiger partial charge in [0.25, 0.3) is 0 Å². The minimum absolute atomic E-state index is 0. The highest BCUT2D eigenvalue weighted by molar-refractivity contribution is 14.0. The first-order valence-electron chi connectivity index (χ1n) is 8.92. The zero-order valence-electron chi connectivity index (χ0n) is 16.1. The van der Waals surface area contributed by atoms with Gasteiger partial charge in [0.15, 0.2) is 5.96 Å². The smallest absolute Gasteiger partial charge is 0.387 e. The van der Waals surface area contributed by atoms with Crippen molar-refractivity contribution in [3.8, 4) is 5.75 Å². The maximum Gasteiger partial charge on any atom is 0.387 e. The molecule has 1 heterocycles. The first-order chi connectivity index (χ1) is 12.3. The van der Waals surface area contributed by atoms with Crippen LogP contribution in [0.25, 0.3) is 0 Å². The van der Waals surface area contributed by atoms with E-state index in [-0.39, 0.29) is 35.1 Å². The van der Waals surface area contributed by atoms with E-state index in [0.29, 0.717) is 24.6 Å². The number of hydrogen-bond donors (Lipinski definition) is 1. The van der Waals surface area contributed by atoms with Gasteiger partial charge in [-0.2, -0.15) is 8.78 Å². The van der Waals surface area contributed by atoms with E-state index >= 15 is 0 Å². The topological polar surface area (TPSA) is 46.1 Å². The van der Waals surface area contributed by atoms with Gasteiger partial charge in [0.1, 0.15) is 5.75 Å². The Bertz CT molecular complexity index is 655. The molecule has 0 radical (unpaired) electrons. The Kier molecular flexibility index (Phi) is 7.29. The van der Waals surface area contributed by atoms with Crippen LogP contribution >= 0.6 is 24.0 Å². The van der Waals surface area contributed by atoms with E-state index in [1.165, 1.54) is 0 Å². The van der Waals surface area contributed by atoms with Gasteiger partial charge in [0.05, 0.1) is 6.10 Å². The van der Waals surface area contributed by atoms with Crippen molar-refractivity contribution in [2.75, 3.05) is 20.7 Å². The van der Waals surface area contributed by atoms with Crippen molar-refractivity contribution in [3.63, 3.8) is 0 Å². The Labute approximate surface area is 176 Å². The van der Waals surface area contributed by atoms with E-state index in [1.54, 1.807) is 31.3 Å². The molecule has 0 bridgehead atoms. The van der Waals surface area contributed by atoms with Crippen LogP contribution in [0.4, 0.5) is 8.78 Å². The van der Waals surface area contributed by atoms with Gasteiger partial charge < -0.3 is 19.7 Å². The second kappa shape index (κ2) is 8.89. The molecule has 2 fully saturated rings. The van der Waals surface area contributed by atoms with E-state index in [9.17, 15) is 8.78 Å². The summed E-state index contributed by atoms with van der Waals surface area (Å²) in [4.78, 5) is 6.44. The monoisotopic (exact) mass is 495 g/mol. The number of fused-ring (bicyclic) bond motifs is 1. The number of rotatable bonds is 5. The van der Waals surface area contributed by atoms with Crippen LogP contribution in [0.3, 0.4) is 0 Å². The second-order valence-electron chi connectivity index (χ2n) is 7.61. The quantitative estimate of drug-likeness (QED) is 0.385. The molecule has 1 aliphatic heterocycles. The molecule has 3 unspecified atom stereocenters. The predicted molar refractivity (Wildman–Crippen MR) is 112 cm³/mol. The van der Waals surface area contributed by atoms with Gasteiger partial charge >= 0.3 is 6.61 Å². The van der Waals surface area contributed by atoms with Gasteiger partial charge in [0.2, 0.25) is 0 Å². The molecule has 1 N–H and O–H groups in total. The molecule has 0 aromatic heterocycles. The summed E-state index contributed by atoms with van der Waals surface area (Å²) >= 11 is 0. The zero-order chi connectivity index (χ0) is 18.9. The third-order valence-corrected chi connectivity index (χ3v) is 5.53. The molecule has 3 rings (SSSR count). The SMILES string of the molecule is CN=C(NC1C2CCOC2C1(C)C)N(C)Cc1ccc(OC(F)F)cc1.I. The van der Waals surface area contributed by atoms with Crippen molar-refractivity contribution in [1.29, 1.82) is 0 Å². The van der Waals surface area contributed by atoms with E-state index in [0.717, 1.165) is 24.6 Å². The van der Waals surface area contributed by atoms with Gasteiger partial charge in [-0.1, -0.05) is 26.0 Å². The molecule has 3 atom stereocenters. The van der Waals surface area contributed by atoms with Crippen LogP contribution in [0.15, 0.2) is 29.3 Å². The molecular formula is C19H28F2IN3O2. The van der Waals surface area contributed by atoms with Crippen molar-refractivity contribution in [2.24, 2.45) is 16.3 Å². The normalized spacial score (nSPS) is 26.0. The van der Waals surface area contributed by atoms with Crippen LogP contribution in [-0.2, 0) is 11.3 Å². The Morgan fingerprint density at radius 3 is 2.63 bits per heavy atom. The van der Waals surface area contributed by atoms with E-state index < -0.39 is 6.61 Å². The maximum atomic E-state index is 12.2. The number of benzene rings is 1. The van der Waals surface area contributed by atoms with Crippen LogP contribution in [0, 0.1) is 11.3 Å². The highest BCUT2D eigenvalue weighted by atomic mass is 127. The third-order valence-electron chi connectivity index (χ3n) is 5.53. The van der Waals surface area contributed by atoms with Crippen molar-refractivity contribution < 1.29 is 18.3 Å². The average molecular weight is 495 g/mol. The molecule has 2 aliphatic rings. The number of nitrogens with one attached hydrogen (secondary N) is 1. The summed E-state index contributed by atoms with van der Waals surface area (Å²) in [5, 5.41) is 3.59. The summed E-state index contributed by atoms with van der Waals surface area (Å²) < 4.78 is 34.7. The van der Waals surface area contributed by atoms with Gasteiger partial charge in [-0.05, 0) is 24.1 Å². The summed E-state index contributed by atoms with van der Waals surface area (Å²) in [5.41, 5.74) is 1.07. The largest absolute Gasteiger partial charge is 0.435 e. The summed E-state index contributed by atoms with van der Waals surface area (Å²) in [6.45, 7) is 3.10. The number of nitrogens with zero attached hydrogens (tertiary/aromatic N) is 2. The summed E-state index contributed by atoms with van der Waals surface area (Å²) in [5.74, 6) is 1.51. The lowest BCUT2D eigenvalue weighted by atomic mass is 9.57. The number of hydrogen-bond acceptors (Lipinski definition) is 3. The van der Waals surface area contributed by atoms with Crippen molar-refractivity contribution >= 4 is 29.9 Å². The molecule has 1 aromatic rings. The van der Waals surface area contributed by atoms with Crippen molar-refractivity contribution in [2.45, 2.75) is 45.6 Å². The molecular weight excluding hydrogens is 467 g/mol. The fourth-order valence-electron chi connectivity index (χ4n) is 4.23. The van der Waals surface area contributed by atoms with Crippen LogP contribution in [-0.4, -0.2) is 50.3 Å². The lowest BCUT2D eigenvalue weighted by Crippen LogP contribution is -2.67. The van der Waals surface area contributed by atoms with Crippen LogP contribution < -0.4 is 10.1 Å². The highest BCUT2D eigenvalue weighted by Gasteiger charge is 2.59. The lowest BCUT2D eigenvalue weighted by molar-refractivity contribution is -0.107. The molecule has 8 heteroatoms. The fourth-order valence-corrected chi connectivity index (χ4v) is 4.23. The summed E-state index contributed by atoms with van der Waals surface area (Å²) in [6.07, 6.45) is 1.41. The van der Waals surface area contributed by atoms with Gasteiger partial charge in [-0.3, -0.25) is 4.99 Å². The molecule has 27 heavy (non-hydrogen) atoms. The summed E-state index contributed by atoms with van der Waals surface area (Å²) in [7, 11) is 3.74. The predicted octanol–water partition coefficient (Wildman–Crippen LogP) is 3.73. The minimum Gasteiger partial charge on any atom is -0.435 e. The molecule has 0 spiro atoms. The molecule has 0 amide bonds. The summed E-state index contributed by atoms with van der Waals surface area (Å²) in [6, 6.07) is 7.02. The average Bonchev–Trinajstić information content (AvgIpc) is 3.04. The molecule has 152 valence electrons. The van der Waals surface area contributed by atoms with Crippen LogP contribution in [0.1, 0.15) is 25.8 Å². The van der Waals surface area contributed by atoms with Crippen molar-refractivity contribution in [1.82, 2.24) is 10.2 Å². The maximum absolute atomic E-state index is 12.2. The Balaban J connectivity index is 0.00000261. The number of guanidine groups is 1. The van der Waals surface area contributed by atoms with Gasteiger partial charge in [-0.15, -0.1) is 24.0 Å². The van der Waals surface area contributed by atoms with Crippen LogP contribution in [0.5, 0.6) is 5.75 Å². The Morgan fingerprint density at radius 1 is 1.37 bits per heavy atom. The van der Waals surface area contributed by atoms with Crippen LogP contribution in [0.2, 0.25) is 0 Å². The number of ether oxygens (including phenoxy) is 2. The Hall–Kier alpha value is -1.16. The Morgan fingerprint density at radius 2 is 2.04 bits per heavy atom. The first kappa shape index (κ1) is 22.1.